The number of sulfone groups is 1. The van der Waals surface area contributed by atoms with Gasteiger partial charge in [0.25, 0.3) is 0 Å². The van der Waals surface area contributed by atoms with Crippen molar-refractivity contribution in [2.24, 2.45) is 0 Å². The maximum atomic E-state index is 11.3. The molecule has 0 spiro atoms. The van der Waals surface area contributed by atoms with Crippen molar-refractivity contribution in [3.63, 3.8) is 0 Å². The van der Waals surface area contributed by atoms with E-state index in [4.69, 9.17) is 11.6 Å². The monoisotopic (exact) mass is 314 g/mol. The van der Waals surface area contributed by atoms with Crippen molar-refractivity contribution < 1.29 is 8.42 Å². The summed E-state index contributed by atoms with van der Waals surface area (Å²) in [7, 11) is -3.16. The van der Waals surface area contributed by atoms with Crippen LogP contribution in [0.25, 0.3) is 0 Å². The number of hydrogen-bond donors (Lipinski definition) is 0. The Bertz CT molecular complexity index is 680. The first-order valence-electron chi connectivity index (χ1n) is 5.34. The summed E-state index contributed by atoms with van der Waals surface area (Å²) in [5.74, 6) is 0. The first kappa shape index (κ1) is 14.3. The lowest BCUT2D eigenvalue weighted by Crippen LogP contribution is -1.96. The Morgan fingerprint density at radius 3 is 2.32 bits per heavy atom. The van der Waals surface area contributed by atoms with Crippen molar-refractivity contribution in [3.8, 4) is 0 Å². The van der Waals surface area contributed by atoms with Gasteiger partial charge < -0.3 is 0 Å². The molecule has 0 radical (unpaired) electrons. The van der Waals surface area contributed by atoms with Crippen molar-refractivity contribution in [2.45, 2.75) is 21.7 Å². The van der Waals surface area contributed by atoms with E-state index in [2.05, 4.69) is 9.97 Å². The summed E-state index contributed by atoms with van der Waals surface area (Å²) in [5.41, 5.74) is 0.787. The molecule has 0 bridgehead atoms. The molecule has 2 aromatic rings. The first-order valence-corrected chi connectivity index (χ1v) is 8.42. The zero-order valence-electron chi connectivity index (χ0n) is 10.3. The van der Waals surface area contributed by atoms with Crippen molar-refractivity contribution in [3.05, 3.63) is 41.3 Å². The highest BCUT2D eigenvalue weighted by atomic mass is 35.5. The maximum absolute atomic E-state index is 11.3. The van der Waals surface area contributed by atoms with Crippen LogP contribution in [0.15, 0.2) is 45.1 Å². The second-order valence-corrected chi connectivity index (χ2v) is 7.41. The molecule has 0 saturated carbocycles. The van der Waals surface area contributed by atoms with Gasteiger partial charge in [0.1, 0.15) is 5.03 Å². The number of aryl methyl sites for hydroxylation is 1. The minimum absolute atomic E-state index is 0.204. The minimum Gasteiger partial charge on any atom is -0.224 e. The maximum Gasteiger partial charge on any atom is 0.223 e. The van der Waals surface area contributed by atoms with E-state index in [0.29, 0.717) is 4.90 Å². The minimum atomic E-state index is -3.16. The van der Waals surface area contributed by atoms with E-state index in [0.717, 1.165) is 15.6 Å². The van der Waals surface area contributed by atoms with Crippen LogP contribution in [0.2, 0.25) is 5.28 Å². The van der Waals surface area contributed by atoms with E-state index in [1.165, 1.54) is 18.0 Å². The van der Waals surface area contributed by atoms with Crippen molar-refractivity contribution in [2.75, 3.05) is 6.26 Å². The summed E-state index contributed by atoms with van der Waals surface area (Å²) in [6.07, 6.45) is 1.18. The van der Waals surface area contributed by atoms with Crippen molar-refractivity contribution in [1.82, 2.24) is 9.97 Å². The van der Waals surface area contributed by atoms with Gasteiger partial charge in [0.15, 0.2) is 9.84 Å². The summed E-state index contributed by atoms with van der Waals surface area (Å²) < 4.78 is 22.7. The fraction of sp³-hybridized carbons (Fsp3) is 0.167. The number of halogens is 1. The second kappa shape index (κ2) is 5.48. The van der Waals surface area contributed by atoms with Crippen LogP contribution in [0.5, 0.6) is 0 Å². The Hall–Kier alpha value is -1.11. The lowest BCUT2D eigenvalue weighted by molar-refractivity contribution is 0.602. The van der Waals surface area contributed by atoms with Gasteiger partial charge >= 0.3 is 0 Å². The fourth-order valence-corrected chi connectivity index (χ4v) is 3.21. The third kappa shape index (κ3) is 3.92. The summed E-state index contributed by atoms with van der Waals surface area (Å²) in [6.45, 7) is 1.84. The van der Waals surface area contributed by atoms with Crippen molar-refractivity contribution in [1.29, 1.82) is 0 Å². The summed E-state index contributed by atoms with van der Waals surface area (Å²) >= 11 is 7.19. The predicted molar refractivity (Wildman–Crippen MR) is 75.5 cm³/mol. The molecular weight excluding hydrogens is 304 g/mol. The zero-order valence-corrected chi connectivity index (χ0v) is 12.7. The molecule has 19 heavy (non-hydrogen) atoms. The molecule has 1 heterocycles. The van der Waals surface area contributed by atoms with E-state index in [9.17, 15) is 8.42 Å². The SMILES string of the molecule is Cc1cc(Sc2ccc(S(C)(=O)=O)cc2)nc(Cl)n1. The third-order valence-corrected chi connectivity index (χ3v) is 4.50. The van der Waals surface area contributed by atoms with Gasteiger partial charge in [-0.3, -0.25) is 0 Å². The topological polar surface area (TPSA) is 59.9 Å². The average molecular weight is 315 g/mol. The predicted octanol–water partition coefficient (Wildman–Crippen LogP) is 2.99. The largest absolute Gasteiger partial charge is 0.224 e. The number of aromatic nitrogens is 2. The van der Waals surface area contributed by atoms with Crippen LogP contribution in [0.1, 0.15) is 5.69 Å². The molecule has 0 saturated heterocycles. The molecular formula is C12H11ClN2O2S2. The third-order valence-electron chi connectivity index (χ3n) is 2.28. The van der Waals surface area contributed by atoms with Crippen LogP contribution in [0.4, 0.5) is 0 Å². The molecule has 1 aromatic heterocycles. The molecule has 0 aliphatic carbocycles. The van der Waals surface area contributed by atoms with E-state index in [1.54, 1.807) is 24.3 Å². The normalized spacial score (nSPS) is 11.5. The van der Waals surface area contributed by atoms with Gasteiger partial charge in [0, 0.05) is 16.8 Å². The molecule has 0 aliphatic heterocycles. The van der Waals surface area contributed by atoms with Crippen LogP contribution >= 0.6 is 23.4 Å². The smallest absolute Gasteiger partial charge is 0.223 e. The van der Waals surface area contributed by atoms with Gasteiger partial charge in [-0.1, -0.05) is 11.8 Å². The Kier molecular flexibility index (Phi) is 4.13. The lowest BCUT2D eigenvalue weighted by Gasteiger charge is -2.03. The molecule has 4 nitrogen and oxygen atoms in total. The van der Waals surface area contributed by atoms with Gasteiger partial charge in [0.2, 0.25) is 5.28 Å². The molecule has 0 N–H and O–H groups in total. The van der Waals surface area contributed by atoms with Crippen LogP contribution in [0, 0.1) is 6.92 Å². The summed E-state index contributed by atoms with van der Waals surface area (Å²) in [5, 5.41) is 0.930. The summed E-state index contributed by atoms with van der Waals surface area (Å²) in [4.78, 5) is 9.27. The molecule has 2 rings (SSSR count). The van der Waals surface area contributed by atoms with Gasteiger partial charge in [-0.05, 0) is 48.9 Å². The van der Waals surface area contributed by atoms with Gasteiger partial charge in [-0.2, -0.15) is 0 Å². The van der Waals surface area contributed by atoms with E-state index in [-0.39, 0.29) is 5.28 Å². The van der Waals surface area contributed by atoms with Crippen molar-refractivity contribution >= 4 is 33.2 Å². The standard InChI is InChI=1S/C12H11ClN2O2S2/c1-8-7-11(15-12(13)14-8)18-9-3-5-10(6-4-9)19(2,16)17/h3-7H,1-2H3. The highest BCUT2D eigenvalue weighted by molar-refractivity contribution is 7.99. The van der Waals surface area contributed by atoms with E-state index >= 15 is 0 Å². The Labute approximate surface area is 121 Å². The molecule has 0 atom stereocenters. The van der Waals surface area contributed by atoms with Crippen LogP contribution in [0.3, 0.4) is 0 Å². The number of rotatable bonds is 3. The quantitative estimate of drug-likeness (QED) is 0.644. The van der Waals surface area contributed by atoms with Crippen LogP contribution in [-0.4, -0.2) is 24.6 Å². The van der Waals surface area contributed by atoms with E-state index in [1.807, 2.05) is 13.0 Å². The Morgan fingerprint density at radius 2 is 1.79 bits per heavy atom. The summed E-state index contributed by atoms with van der Waals surface area (Å²) in [6, 6.07) is 8.46. The highest BCUT2D eigenvalue weighted by Gasteiger charge is 2.07. The molecule has 100 valence electrons. The molecule has 1 aromatic carbocycles. The average Bonchev–Trinajstić information content (AvgIpc) is 2.26. The Morgan fingerprint density at radius 1 is 1.16 bits per heavy atom. The van der Waals surface area contributed by atoms with Crippen LogP contribution in [-0.2, 0) is 9.84 Å². The lowest BCUT2D eigenvalue weighted by atomic mass is 10.4. The number of nitrogens with zero attached hydrogens (tertiary/aromatic N) is 2. The Balaban J connectivity index is 2.24. The molecule has 0 aliphatic rings. The molecule has 7 heteroatoms. The van der Waals surface area contributed by atoms with E-state index < -0.39 is 9.84 Å². The number of benzene rings is 1. The first-order chi connectivity index (χ1) is 8.84. The molecule has 0 amide bonds. The van der Waals surface area contributed by atoms with Gasteiger partial charge in [0.05, 0.1) is 4.90 Å². The van der Waals surface area contributed by atoms with Gasteiger partial charge in [-0.25, -0.2) is 18.4 Å². The van der Waals surface area contributed by atoms with Gasteiger partial charge in [-0.15, -0.1) is 0 Å². The molecule has 0 fully saturated rings. The van der Waals surface area contributed by atoms with Crippen LogP contribution < -0.4 is 0 Å². The highest BCUT2D eigenvalue weighted by Crippen LogP contribution is 2.27. The number of hydrogen-bond acceptors (Lipinski definition) is 5. The fourth-order valence-electron chi connectivity index (χ4n) is 1.43. The second-order valence-electron chi connectivity index (χ2n) is 3.96. The zero-order chi connectivity index (χ0) is 14.0. The molecule has 0 unspecified atom stereocenters.